The highest BCUT2D eigenvalue weighted by molar-refractivity contribution is 6.30. The van der Waals surface area contributed by atoms with Gasteiger partial charge in [0.05, 0.1) is 18.8 Å². The highest BCUT2D eigenvalue weighted by Crippen LogP contribution is 2.41. The van der Waals surface area contributed by atoms with Crippen molar-refractivity contribution >= 4 is 17.3 Å². The first kappa shape index (κ1) is 14.6. The van der Waals surface area contributed by atoms with Crippen LogP contribution in [-0.2, 0) is 0 Å². The van der Waals surface area contributed by atoms with Crippen LogP contribution in [0.5, 0.6) is 5.75 Å². The molecule has 0 N–H and O–H groups in total. The van der Waals surface area contributed by atoms with Crippen molar-refractivity contribution in [3.63, 3.8) is 0 Å². The van der Waals surface area contributed by atoms with E-state index in [1.54, 1.807) is 0 Å². The number of para-hydroxylation sites is 1. The van der Waals surface area contributed by atoms with Gasteiger partial charge in [-0.25, -0.2) is 0 Å². The predicted octanol–water partition coefficient (Wildman–Crippen LogP) is 4.51. The SMILES string of the molecule is CN1CC(CN=[N+]=[N-])Oc2c(-c3cccc(Cl)c3)cccc21. The Hall–Kier alpha value is -2.36. The maximum absolute atomic E-state index is 8.50. The molecule has 1 aliphatic heterocycles. The molecule has 3 rings (SSSR count). The van der Waals surface area contributed by atoms with Crippen LogP contribution in [0.2, 0.25) is 5.02 Å². The van der Waals surface area contributed by atoms with Crippen molar-refractivity contribution < 1.29 is 4.74 Å². The van der Waals surface area contributed by atoms with Crippen molar-refractivity contribution in [1.82, 2.24) is 0 Å². The second-order valence-electron chi connectivity index (χ2n) is 5.20. The first-order chi connectivity index (χ1) is 10.7. The zero-order chi connectivity index (χ0) is 15.5. The standard InChI is InChI=1S/C16H15ClN4O/c1-21-10-13(9-19-20-18)22-16-14(6-3-7-15(16)21)11-4-2-5-12(17)8-11/h2-8,13H,9-10H2,1H3. The molecule has 0 saturated carbocycles. The predicted molar refractivity (Wildman–Crippen MR) is 88.6 cm³/mol. The van der Waals surface area contributed by atoms with Gasteiger partial charge in [0.1, 0.15) is 6.10 Å². The van der Waals surface area contributed by atoms with Gasteiger partial charge in [-0.15, -0.1) is 0 Å². The molecule has 0 radical (unpaired) electrons. The van der Waals surface area contributed by atoms with Crippen molar-refractivity contribution in [2.45, 2.75) is 6.10 Å². The first-order valence-electron chi connectivity index (χ1n) is 6.96. The lowest BCUT2D eigenvalue weighted by Gasteiger charge is -2.34. The largest absolute Gasteiger partial charge is 0.486 e. The van der Waals surface area contributed by atoms with Gasteiger partial charge < -0.3 is 9.64 Å². The van der Waals surface area contributed by atoms with Gasteiger partial charge in [0.2, 0.25) is 0 Å². The Morgan fingerprint density at radius 1 is 1.36 bits per heavy atom. The molecule has 0 fully saturated rings. The fraction of sp³-hybridized carbons (Fsp3) is 0.250. The Kier molecular flexibility index (Phi) is 4.09. The summed E-state index contributed by atoms with van der Waals surface area (Å²) >= 11 is 6.10. The summed E-state index contributed by atoms with van der Waals surface area (Å²) in [5.74, 6) is 0.802. The Morgan fingerprint density at radius 2 is 2.18 bits per heavy atom. The van der Waals surface area contributed by atoms with Crippen molar-refractivity contribution in [3.05, 3.63) is 57.9 Å². The normalized spacial score (nSPS) is 16.5. The van der Waals surface area contributed by atoms with E-state index >= 15 is 0 Å². The molecule has 0 amide bonds. The number of likely N-dealkylation sites (N-methyl/N-ethyl adjacent to an activating group) is 1. The van der Waals surface area contributed by atoms with Crippen molar-refractivity contribution in [1.29, 1.82) is 0 Å². The molecule has 6 heteroatoms. The molecule has 22 heavy (non-hydrogen) atoms. The smallest absolute Gasteiger partial charge is 0.150 e. The van der Waals surface area contributed by atoms with Crippen molar-refractivity contribution in [2.75, 3.05) is 25.0 Å². The molecule has 0 saturated heterocycles. The van der Waals surface area contributed by atoms with E-state index < -0.39 is 0 Å². The second kappa shape index (κ2) is 6.18. The summed E-state index contributed by atoms with van der Waals surface area (Å²) in [6.45, 7) is 0.995. The van der Waals surface area contributed by atoms with E-state index in [9.17, 15) is 0 Å². The fourth-order valence-electron chi connectivity index (χ4n) is 2.66. The van der Waals surface area contributed by atoms with Crippen LogP contribution in [0.25, 0.3) is 21.6 Å². The maximum Gasteiger partial charge on any atom is 0.150 e. The Bertz CT molecular complexity index is 743. The van der Waals surface area contributed by atoms with Gasteiger partial charge in [0.25, 0.3) is 0 Å². The van der Waals surface area contributed by atoms with Gasteiger partial charge >= 0.3 is 0 Å². The molecule has 0 aliphatic carbocycles. The third-order valence-electron chi connectivity index (χ3n) is 3.65. The lowest BCUT2D eigenvalue weighted by molar-refractivity contribution is 0.205. The number of rotatable bonds is 3. The third-order valence-corrected chi connectivity index (χ3v) is 3.89. The van der Waals surface area contributed by atoms with Gasteiger partial charge in [-0.2, -0.15) is 0 Å². The van der Waals surface area contributed by atoms with Crippen LogP contribution in [0.15, 0.2) is 47.6 Å². The van der Waals surface area contributed by atoms with Gasteiger partial charge in [-0.05, 0) is 29.3 Å². The summed E-state index contributed by atoms with van der Waals surface area (Å²) in [6.07, 6.45) is -0.159. The zero-order valence-corrected chi connectivity index (χ0v) is 12.9. The quantitative estimate of drug-likeness (QED) is 0.475. The fourth-order valence-corrected chi connectivity index (χ4v) is 2.85. The summed E-state index contributed by atoms with van der Waals surface area (Å²) in [6, 6.07) is 13.7. The molecule has 1 unspecified atom stereocenters. The number of benzene rings is 2. The Balaban J connectivity index is 2.04. The van der Waals surface area contributed by atoms with Crippen LogP contribution in [0, 0.1) is 0 Å². The van der Waals surface area contributed by atoms with Gasteiger partial charge in [-0.1, -0.05) is 41.0 Å². The van der Waals surface area contributed by atoms with Crippen LogP contribution < -0.4 is 9.64 Å². The third kappa shape index (κ3) is 2.82. The second-order valence-corrected chi connectivity index (χ2v) is 5.63. The average molecular weight is 315 g/mol. The number of ether oxygens (including phenoxy) is 1. The number of fused-ring (bicyclic) bond motifs is 1. The maximum atomic E-state index is 8.50. The van der Waals surface area contributed by atoms with Crippen LogP contribution in [0.3, 0.4) is 0 Å². The van der Waals surface area contributed by atoms with Gasteiger partial charge in [-0.3, -0.25) is 0 Å². The molecule has 112 valence electrons. The highest BCUT2D eigenvalue weighted by atomic mass is 35.5. The number of hydrogen-bond donors (Lipinski definition) is 0. The Morgan fingerprint density at radius 3 is 2.95 bits per heavy atom. The molecule has 1 aliphatic rings. The number of anilines is 1. The van der Waals surface area contributed by atoms with E-state index in [1.807, 2.05) is 49.5 Å². The molecule has 1 atom stereocenters. The molecule has 0 bridgehead atoms. The zero-order valence-electron chi connectivity index (χ0n) is 12.1. The first-order valence-corrected chi connectivity index (χ1v) is 7.34. The van der Waals surface area contributed by atoms with E-state index in [4.69, 9.17) is 21.9 Å². The minimum Gasteiger partial charge on any atom is -0.486 e. The number of hydrogen-bond acceptors (Lipinski definition) is 3. The molecule has 5 nitrogen and oxygen atoms in total. The van der Waals surface area contributed by atoms with Crippen LogP contribution in [0.1, 0.15) is 0 Å². The van der Waals surface area contributed by atoms with Gasteiger partial charge in [0, 0.05) is 22.5 Å². The molecule has 2 aromatic rings. The van der Waals surface area contributed by atoms with Crippen molar-refractivity contribution in [3.8, 4) is 16.9 Å². The van der Waals surface area contributed by atoms with Crippen LogP contribution in [-0.4, -0.2) is 26.2 Å². The summed E-state index contributed by atoms with van der Waals surface area (Å²) in [4.78, 5) is 4.93. The topological polar surface area (TPSA) is 61.2 Å². The van der Waals surface area contributed by atoms with E-state index in [-0.39, 0.29) is 6.10 Å². The van der Waals surface area contributed by atoms with Crippen molar-refractivity contribution in [2.24, 2.45) is 5.11 Å². The summed E-state index contributed by atoms with van der Waals surface area (Å²) in [7, 11) is 2.01. The van der Waals surface area contributed by atoms with E-state index in [0.29, 0.717) is 18.1 Å². The highest BCUT2D eigenvalue weighted by Gasteiger charge is 2.25. The van der Waals surface area contributed by atoms with E-state index in [2.05, 4.69) is 14.9 Å². The molecular formula is C16H15ClN4O. The molecule has 0 spiro atoms. The minimum absolute atomic E-state index is 0.159. The lowest BCUT2D eigenvalue weighted by Crippen LogP contribution is -2.39. The van der Waals surface area contributed by atoms with Gasteiger partial charge in [0.15, 0.2) is 5.75 Å². The Labute approximate surface area is 133 Å². The minimum atomic E-state index is -0.159. The monoisotopic (exact) mass is 314 g/mol. The number of azide groups is 1. The van der Waals surface area contributed by atoms with Crippen LogP contribution >= 0.6 is 11.6 Å². The van der Waals surface area contributed by atoms with E-state index in [0.717, 1.165) is 22.6 Å². The van der Waals surface area contributed by atoms with Crippen LogP contribution in [0.4, 0.5) is 5.69 Å². The van der Waals surface area contributed by atoms with E-state index in [1.165, 1.54) is 0 Å². The number of halogens is 1. The summed E-state index contributed by atoms with van der Waals surface area (Å²) < 4.78 is 6.08. The summed E-state index contributed by atoms with van der Waals surface area (Å²) in [5, 5.41) is 4.31. The summed E-state index contributed by atoms with van der Waals surface area (Å²) in [5.41, 5.74) is 11.5. The average Bonchev–Trinajstić information content (AvgIpc) is 2.52. The number of nitrogens with zero attached hydrogens (tertiary/aromatic N) is 4. The molecular weight excluding hydrogens is 300 g/mol. The lowest BCUT2D eigenvalue weighted by atomic mass is 10.0. The molecule has 2 aromatic carbocycles. The molecule has 1 heterocycles. The molecule has 0 aromatic heterocycles.